The summed E-state index contributed by atoms with van der Waals surface area (Å²) in [6.45, 7) is 6.81. The lowest BCUT2D eigenvalue weighted by Gasteiger charge is -2.33. The molecule has 1 fully saturated rings. The Balaban J connectivity index is 2.16. The van der Waals surface area contributed by atoms with Crippen LogP contribution in [0.4, 0.5) is 0 Å². The van der Waals surface area contributed by atoms with E-state index < -0.39 is 0 Å². The molecular weight excluding hydrogens is 204 g/mol. The van der Waals surface area contributed by atoms with Crippen LogP contribution in [0.2, 0.25) is 0 Å². The number of nitrogens with zero attached hydrogens (tertiary/aromatic N) is 1. The van der Waals surface area contributed by atoms with Crippen molar-refractivity contribution in [2.75, 3.05) is 6.61 Å². The van der Waals surface area contributed by atoms with Crippen LogP contribution in [-0.2, 0) is 9.53 Å². The molecule has 90 valence electrons. The van der Waals surface area contributed by atoms with Gasteiger partial charge in [0.05, 0.1) is 0 Å². The minimum absolute atomic E-state index is 0.0143. The number of carbonyl (C=O) groups is 1. The molecule has 1 saturated heterocycles. The summed E-state index contributed by atoms with van der Waals surface area (Å²) in [6, 6.07) is -0.239. The molecule has 1 amide bonds. The van der Waals surface area contributed by atoms with E-state index in [1.54, 1.807) is 0 Å². The van der Waals surface area contributed by atoms with Crippen molar-refractivity contribution in [3.8, 4) is 0 Å². The molecule has 2 atom stereocenters. The van der Waals surface area contributed by atoms with E-state index in [0.29, 0.717) is 0 Å². The second kappa shape index (κ2) is 4.17. The second-order valence-electron chi connectivity index (χ2n) is 5.19. The van der Waals surface area contributed by atoms with Gasteiger partial charge in [0, 0.05) is 6.61 Å². The lowest BCUT2D eigenvalue weighted by Crippen LogP contribution is -2.48. The fraction of sp³-hybridized carbons (Fsp3) is 0.833. The van der Waals surface area contributed by atoms with Gasteiger partial charge in [-0.3, -0.25) is 9.79 Å². The van der Waals surface area contributed by atoms with Gasteiger partial charge in [-0.25, -0.2) is 0 Å². The molecule has 4 nitrogen and oxygen atoms in total. The van der Waals surface area contributed by atoms with E-state index >= 15 is 0 Å². The fourth-order valence-corrected chi connectivity index (χ4v) is 2.26. The third kappa shape index (κ3) is 1.98. The minimum atomic E-state index is -0.377. The van der Waals surface area contributed by atoms with Crippen molar-refractivity contribution < 1.29 is 9.53 Å². The highest BCUT2D eigenvalue weighted by atomic mass is 16.5. The quantitative estimate of drug-likeness (QED) is 0.772. The van der Waals surface area contributed by atoms with Crippen LogP contribution in [0.1, 0.15) is 40.0 Å². The number of hydrogen-bond donors (Lipinski definition) is 1. The average Bonchev–Trinajstić information content (AvgIpc) is 2.62. The van der Waals surface area contributed by atoms with Gasteiger partial charge < -0.3 is 10.1 Å². The topological polar surface area (TPSA) is 50.7 Å². The number of amides is 1. The Hall–Kier alpha value is -0.900. The van der Waals surface area contributed by atoms with Gasteiger partial charge >= 0.3 is 0 Å². The summed E-state index contributed by atoms with van der Waals surface area (Å²) in [5.41, 5.74) is -0.377. The van der Waals surface area contributed by atoms with Crippen LogP contribution >= 0.6 is 0 Å². The highest BCUT2D eigenvalue weighted by Gasteiger charge is 2.40. The fourth-order valence-electron chi connectivity index (χ4n) is 2.26. The van der Waals surface area contributed by atoms with Gasteiger partial charge in [-0.2, -0.15) is 0 Å². The Kier molecular flexibility index (Phi) is 3.02. The summed E-state index contributed by atoms with van der Waals surface area (Å²) in [5.74, 6) is 0.987. The molecule has 1 N–H and O–H groups in total. The highest BCUT2D eigenvalue weighted by Crippen LogP contribution is 2.28. The SMILES string of the molecule is CC(C)C1N=C(C2(C)CCCCO2)NC1=O. The van der Waals surface area contributed by atoms with Crippen LogP contribution in [0.3, 0.4) is 0 Å². The Morgan fingerprint density at radius 3 is 2.75 bits per heavy atom. The van der Waals surface area contributed by atoms with Crippen molar-refractivity contribution in [2.45, 2.75) is 51.7 Å². The number of hydrogen-bond acceptors (Lipinski definition) is 3. The normalized spacial score (nSPS) is 35.1. The molecule has 0 aliphatic carbocycles. The summed E-state index contributed by atoms with van der Waals surface area (Å²) in [7, 11) is 0. The largest absolute Gasteiger partial charge is 0.367 e. The van der Waals surface area contributed by atoms with E-state index in [9.17, 15) is 4.79 Å². The van der Waals surface area contributed by atoms with Crippen LogP contribution < -0.4 is 5.32 Å². The van der Waals surface area contributed by atoms with Gasteiger partial charge in [0.2, 0.25) is 5.91 Å². The van der Waals surface area contributed by atoms with E-state index in [1.165, 1.54) is 0 Å². The Morgan fingerprint density at radius 1 is 1.50 bits per heavy atom. The molecule has 16 heavy (non-hydrogen) atoms. The molecule has 0 bridgehead atoms. The van der Waals surface area contributed by atoms with Crippen molar-refractivity contribution >= 4 is 11.7 Å². The predicted octanol–water partition coefficient (Wildman–Crippen LogP) is 1.50. The first-order chi connectivity index (χ1) is 7.53. The van der Waals surface area contributed by atoms with E-state index in [2.05, 4.69) is 10.3 Å². The molecule has 0 aromatic carbocycles. The van der Waals surface area contributed by atoms with Crippen molar-refractivity contribution in [2.24, 2.45) is 10.9 Å². The van der Waals surface area contributed by atoms with Crippen molar-refractivity contribution in [1.29, 1.82) is 0 Å². The Bertz CT molecular complexity index is 317. The maximum Gasteiger partial charge on any atom is 0.250 e. The van der Waals surface area contributed by atoms with Gasteiger partial charge in [0.25, 0.3) is 0 Å². The third-order valence-electron chi connectivity index (χ3n) is 3.38. The first-order valence-electron chi connectivity index (χ1n) is 6.06. The number of ether oxygens (including phenoxy) is 1. The van der Waals surface area contributed by atoms with E-state index in [4.69, 9.17) is 4.74 Å². The smallest absolute Gasteiger partial charge is 0.250 e. The first kappa shape index (κ1) is 11.6. The van der Waals surface area contributed by atoms with E-state index in [0.717, 1.165) is 31.7 Å². The maximum absolute atomic E-state index is 11.7. The molecule has 4 heteroatoms. The molecule has 2 rings (SSSR count). The summed E-state index contributed by atoms with van der Waals surface area (Å²) in [4.78, 5) is 16.2. The molecular formula is C12H20N2O2. The van der Waals surface area contributed by atoms with Gasteiger partial charge in [-0.05, 0) is 32.1 Å². The monoisotopic (exact) mass is 224 g/mol. The lowest BCUT2D eigenvalue weighted by molar-refractivity contribution is -0.121. The highest BCUT2D eigenvalue weighted by molar-refractivity contribution is 6.09. The molecule has 0 aromatic heterocycles. The molecule has 0 radical (unpaired) electrons. The zero-order valence-corrected chi connectivity index (χ0v) is 10.2. The number of nitrogens with one attached hydrogen (secondary N) is 1. The first-order valence-corrected chi connectivity index (χ1v) is 6.06. The summed E-state index contributed by atoms with van der Waals surface area (Å²) in [5, 5.41) is 2.88. The van der Waals surface area contributed by atoms with Gasteiger partial charge in [0.15, 0.2) is 0 Å². The van der Waals surface area contributed by atoms with Crippen LogP contribution in [0.5, 0.6) is 0 Å². The maximum atomic E-state index is 11.7. The van der Waals surface area contributed by atoms with Crippen LogP contribution in [0.25, 0.3) is 0 Å². The predicted molar refractivity (Wildman–Crippen MR) is 62.4 cm³/mol. The van der Waals surface area contributed by atoms with Crippen LogP contribution in [0, 0.1) is 5.92 Å². The van der Waals surface area contributed by atoms with Gasteiger partial charge in [-0.1, -0.05) is 13.8 Å². The van der Waals surface area contributed by atoms with Gasteiger partial charge in [-0.15, -0.1) is 0 Å². The molecule has 2 aliphatic heterocycles. The van der Waals surface area contributed by atoms with Crippen LogP contribution in [-0.4, -0.2) is 30.0 Å². The summed E-state index contributed by atoms with van der Waals surface area (Å²) < 4.78 is 5.78. The van der Waals surface area contributed by atoms with Crippen molar-refractivity contribution in [3.63, 3.8) is 0 Å². The van der Waals surface area contributed by atoms with Gasteiger partial charge in [0.1, 0.15) is 17.5 Å². The number of amidine groups is 1. The Morgan fingerprint density at radius 2 is 2.25 bits per heavy atom. The molecule has 0 spiro atoms. The second-order valence-corrected chi connectivity index (χ2v) is 5.19. The summed E-state index contributed by atoms with van der Waals surface area (Å²) in [6.07, 6.45) is 3.18. The van der Waals surface area contributed by atoms with E-state index in [-0.39, 0.29) is 23.5 Å². The molecule has 2 heterocycles. The van der Waals surface area contributed by atoms with Crippen molar-refractivity contribution in [3.05, 3.63) is 0 Å². The molecule has 0 aromatic rings. The summed E-state index contributed by atoms with van der Waals surface area (Å²) >= 11 is 0. The zero-order valence-electron chi connectivity index (χ0n) is 10.2. The van der Waals surface area contributed by atoms with Crippen LogP contribution in [0.15, 0.2) is 4.99 Å². The lowest BCUT2D eigenvalue weighted by atomic mass is 9.95. The molecule has 2 aliphatic rings. The number of aliphatic imine (C=N–C) groups is 1. The molecule has 2 unspecified atom stereocenters. The standard InChI is InChI=1S/C12H20N2O2/c1-8(2)9-10(15)14-11(13-9)12(3)6-4-5-7-16-12/h8-9H,4-7H2,1-3H3,(H,13,14,15). The zero-order chi connectivity index (χ0) is 11.8. The number of rotatable bonds is 2. The minimum Gasteiger partial charge on any atom is -0.367 e. The van der Waals surface area contributed by atoms with Crippen molar-refractivity contribution in [1.82, 2.24) is 5.32 Å². The van der Waals surface area contributed by atoms with E-state index in [1.807, 2.05) is 20.8 Å². The third-order valence-corrected chi connectivity index (χ3v) is 3.38. The number of carbonyl (C=O) groups excluding carboxylic acids is 1. The average molecular weight is 224 g/mol. The Labute approximate surface area is 96.5 Å². The molecule has 0 saturated carbocycles.